The number of hydrogen-bond acceptors (Lipinski definition) is 7. The van der Waals surface area contributed by atoms with Crippen molar-refractivity contribution in [1.82, 2.24) is 14.6 Å². The molecule has 4 rings (SSSR count). The van der Waals surface area contributed by atoms with Gasteiger partial charge < -0.3 is 9.47 Å². The number of thiazole rings is 1. The molecule has 7 nitrogen and oxygen atoms in total. The second-order valence-corrected chi connectivity index (χ2v) is 8.32. The quantitative estimate of drug-likeness (QED) is 0.431. The smallest absolute Gasteiger partial charge is 0.296 e. The first-order chi connectivity index (χ1) is 14.5. The van der Waals surface area contributed by atoms with Crippen molar-refractivity contribution in [2.24, 2.45) is 0 Å². The molecule has 4 aromatic rings. The number of hydrogen-bond donors (Lipinski definition) is 0. The SMILES string of the molecule is COc1ccc(Cc2nn3c(=O)c(=Cc4cccc(Br)c4)sc3nc2=O)cc1OC. The maximum Gasteiger partial charge on any atom is 0.296 e. The van der Waals surface area contributed by atoms with Crippen LogP contribution in [0.1, 0.15) is 16.8 Å². The van der Waals surface area contributed by atoms with Gasteiger partial charge in [0.2, 0.25) is 4.96 Å². The zero-order chi connectivity index (χ0) is 21.3. The van der Waals surface area contributed by atoms with Crippen LogP contribution in [-0.4, -0.2) is 28.8 Å². The highest BCUT2D eigenvalue weighted by molar-refractivity contribution is 9.10. The summed E-state index contributed by atoms with van der Waals surface area (Å²) in [6, 6.07) is 12.9. The van der Waals surface area contributed by atoms with Crippen molar-refractivity contribution in [3.63, 3.8) is 0 Å². The Morgan fingerprint density at radius 1 is 1.10 bits per heavy atom. The number of fused-ring (bicyclic) bond motifs is 1. The van der Waals surface area contributed by atoms with E-state index in [1.807, 2.05) is 30.3 Å². The van der Waals surface area contributed by atoms with Gasteiger partial charge in [0, 0.05) is 10.9 Å². The van der Waals surface area contributed by atoms with E-state index in [9.17, 15) is 9.59 Å². The minimum atomic E-state index is -0.458. The molecular weight excluding hydrogens is 470 g/mol. The number of rotatable bonds is 5. The first-order valence-corrected chi connectivity index (χ1v) is 10.5. The maximum absolute atomic E-state index is 12.8. The van der Waals surface area contributed by atoms with Crippen molar-refractivity contribution in [1.29, 1.82) is 0 Å². The molecule has 152 valence electrons. The predicted octanol–water partition coefficient (Wildman–Crippen LogP) is 2.43. The summed E-state index contributed by atoms with van der Waals surface area (Å²) < 4.78 is 13.1. The molecule has 0 aliphatic rings. The Balaban J connectivity index is 1.76. The van der Waals surface area contributed by atoms with Gasteiger partial charge in [0.05, 0.1) is 18.8 Å². The van der Waals surface area contributed by atoms with Crippen molar-refractivity contribution >= 4 is 38.3 Å². The van der Waals surface area contributed by atoms with Crippen LogP contribution in [-0.2, 0) is 6.42 Å². The van der Waals surface area contributed by atoms with Gasteiger partial charge in [-0.15, -0.1) is 0 Å². The lowest BCUT2D eigenvalue weighted by Crippen LogP contribution is -2.28. The number of halogens is 1. The lowest BCUT2D eigenvalue weighted by molar-refractivity contribution is 0.354. The number of aromatic nitrogens is 3. The summed E-state index contributed by atoms with van der Waals surface area (Å²) in [6.45, 7) is 0. The van der Waals surface area contributed by atoms with Crippen LogP contribution >= 0.6 is 27.3 Å². The minimum absolute atomic E-state index is 0.184. The number of nitrogens with zero attached hydrogens (tertiary/aromatic N) is 3. The molecule has 0 aliphatic heterocycles. The zero-order valence-electron chi connectivity index (χ0n) is 16.1. The summed E-state index contributed by atoms with van der Waals surface area (Å²) in [6.07, 6.45) is 1.97. The van der Waals surface area contributed by atoms with Crippen LogP contribution in [0.5, 0.6) is 11.5 Å². The monoisotopic (exact) mass is 485 g/mol. The average Bonchev–Trinajstić information content (AvgIpc) is 3.02. The molecule has 0 saturated heterocycles. The third kappa shape index (κ3) is 3.99. The fraction of sp³-hybridized carbons (Fsp3) is 0.143. The highest BCUT2D eigenvalue weighted by Gasteiger charge is 2.13. The second-order valence-electron chi connectivity index (χ2n) is 6.39. The lowest BCUT2D eigenvalue weighted by Gasteiger charge is -2.09. The Morgan fingerprint density at radius 2 is 1.90 bits per heavy atom. The van der Waals surface area contributed by atoms with Crippen LogP contribution in [0, 0.1) is 0 Å². The van der Waals surface area contributed by atoms with Crippen LogP contribution in [0.4, 0.5) is 0 Å². The molecule has 0 aliphatic carbocycles. The molecule has 2 aromatic heterocycles. The van der Waals surface area contributed by atoms with Gasteiger partial charge in [-0.1, -0.05) is 45.5 Å². The highest BCUT2D eigenvalue weighted by atomic mass is 79.9. The van der Waals surface area contributed by atoms with Gasteiger partial charge in [0.25, 0.3) is 11.1 Å². The molecule has 9 heteroatoms. The normalized spacial score (nSPS) is 11.8. The number of benzene rings is 2. The van der Waals surface area contributed by atoms with Crippen molar-refractivity contribution < 1.29 is 9.47 Å². The average molecular weight is 486 g/mol. The van der Waals surface area contributed by atoms with Gasteiger partial charge in [-0.25, -0.2) is 0 Å². The van der Waals surface area contributed by atoms with E-state index in [0.29, 0.717) is 16.0 Å². The largest absolute Gasteiger partial charge is 0.493 e. The first-order valence-electron chi connectivity index (χ1n) is 8.89. The van der Waals surface area contributed by atoms with Gasteiger partial charge in [-0.3, -0.25) is 9.59 Å². The molecule has 2 aromatic carbocycles. The van der Waals surface area contributed by atoms with E-state index in [2.05, 4.69) is 26.0 Å². The van der Waals surface area contributed by atoms with E-state index in [4.69, 9.17) is 9.47 Å². The summed E-state index contributed by atoms with van der Waals surface area (Å²) in [5.74, 6) is 1.14. The van der Waals surface area contributed by atoms with E-state index in [-0.39, 0.29) is 22.6 Å². The molecule has 0 fully saturated rings. The third-order valence-corrected chi connectivity index (χ3v) is 5.87. The van der Waals surface area contributed by atoms with Crippen molar-refractivity contribution in [3.8, 4) is 11.5 Å². The Morgan fingerprint density at radius 3 is 2.63 bits per heavy atom. The molecule has 0 N–H and O–H groups in total. The van der Waals surface area contributed by atoms with Crippen LogP contribution in [0.2, 0.25) is 0 Å². The van der Waals surface area contributed by atoms with Crippen LogP contribution in [0.15, 0.2) is 56.5 Å². The Kier molecular flexibility index (Phi) is 5.65. The number of ether oxygens (including phenoxy) is 2. The first kappa shape index (κ1) is 20.2. The molecule has 0 spiro atoms. The molecule has 0 amide bonds. The van der Waals surface area contributed by atoms with Crippen molar-refractivity contribution in [2.45, 2.75) is 6.42 Å². The number of methoxy groups -OCH3 is 2. The van der Waals surface area contributed by atoms with Crippen molar-refractivity contribution in [2.75, 3.05) is 14.2 Å². The van der Waals surface area contributed by atoms with Crippen LogP contribution in [0.3, 0.4) is 0 Å². The fourth-order valence-electron chi connectivity index (χ4n) is 2.98. The van der Waals surface area contributed by atoms with Crippen molar-refractivity contribution in [3.05, 3.63) is 89.0 Å². The summed E-state index contributed by atoms with van der Waals surface area (Å²) in [4.78, 5) is 29.6. The molecule has 0 atom stereocenters. The fourth-order valence-corrected chi connectivity index (χ4v) is 4.30. The molecule has 0 saturated carbocycles. The predicted molar refractivity (Wildman–Crippen MR) is 119 cm³/mol. The molecule has 30 heavy (non-hydrogen) atoms. The molecule has 2 heterocycles. The summed E-state index contributed by atoms with van der Waals surface area (Å²) in [7, 11) is 3.10. The van der Waals surface area contributed by atoms with Gasteiger partial charge >= 0.3 is 0 Å². The zero-order valence-corrected chi connectivity index (χ0v) is 18.5. The van der Waals surface area contributed by atoms with E-state index in [0.717, 1.165) is 26.9 Å². The highest BCUT2D eigenvalue weighted by Crippen LogP contribution is 2.28. The Labute approximate surface area is 183 Å². The summed E-state index contributed by atoms with van der Waals surface area (Å²) in [5.41, 5.74) is 1.07. The molecule has 0 unspecified atom stereocenters. The summed E-state index contributed by atoms with van der Waals surface area (Å²) in [5, 5.41) is 4.29. The molecule has 0 radical (unpaired) electrons. The van der Waals surface area contributed by atoms with E-state index in [1.54, 1.807) is 32.4 Å². The van der Waals surface area contributed by atoms with Gasteiger partial charge in [-0.2, -0.15) is 14.6 Å². The standard InChI is InChI=1S/C21H16BrN3O4S/c1-28-16-7-6-13(10-17(16)29-2)9-15-19(26)23-21-25(24-15)20(27)18(30-21)11-12-4-3-5-14(22)8-12/h3-8,10-11H,9H2,1-2H3. The summed E-state index contributed by atoms with van der Waals surface area (Å²) >= 11 is 4.55. The topological polar surface area (TPSA) is 82.8 Å². The molecule has 0 bridgehead atoms. The minimum Gasteiger partial charge on any atom is -0.493 e. The van der Waals surface area contributed by atoms with E-state index < -0.39 is 5.56 Å². The second kappa shape index (κ2) is 8.37. The maximum atomic E-state index is 12.8. The van der Waals surface area contributed by atoms with E-state index in [1.165, 1.54) is 4.52 Å². The Bertz CT molecular complexity index is 1410. The van der Waals surface area contributed by atoms with Gasteiger partial charge in [0.15, 0.2) is 11.5 Å². The van der Waals surface area contributed by atoms with Crippen LogP contribution in [0.25, 0.3) is 11.0 Å². The third-order valence-electron chi connectivity index (χ3n) is 4.42. The van der Waals surface area contributed by atoms with Gasteiger partial charge in [-0.05, 0) is 41.5 Å². The lowest BCUT2D eigenvalue weighted by atomic mass is 10.1. The van der Waals surface area contributed by atoms with E-state index >= 15 is 0 Å². The Hall–Kier alpha value is -3.04. The van der Waals surface area contributed by atoms with Gasteiger partial charge in [0.1, 0.15) is 5.69 Å². The van der Waals surface area contributed by atoms with Crippen LogP contribution < -0.4 is 25.1 Å². The molecular formula is C21H16BrN3O4S.